The highest BCUT2D eigenvalue weighted by atomic mass is 16.5. The molecule has 0 amide bonds. The summed E-state index contributed by atoms with van der Waals surface area (Å²) in [6.07, 6.45) is 3.57. The Labute approximate surface area is 119 Å². The minimum Gasteiger partial charge on any atom is -0.493 e. The number of imidazole rings is 1. The summed E-state index contributed by atoms with van der Waals surface area (Å²) >= 11 is 0. The molecule has 20 heavy (non-hydrogen) atoms. The van der Waals surface area contributed by atoms with Crippen molar-refractivity contribution in [2.75, 3.05) is 13.7 Å². The molecule has 0 unspecified atom stereocenters. The molecule has 0 atom stereocenters. The summed E-state index contributed by atoms with van der Waals surface area (Å²) in [4.78, 5) is 4.09. The second-order valence-electron chi connectivity index (χ2n) is 4.51. The molecule has 0 spiro atoms. The lowest BCUT2D eigenvalue weighted by molar-refractivity contribution is 0.274. The van der Waals surface area contributed by atoms with E-state index >= 15 is 0 Å². The molecule has 1 heterocycles. The maximum atomic E-state index is 5.96. The van der Waals surface area contributed by atoms with Crippen molar-refractivity contribution in [3.63, 3.8) is 0 Å². The second-order valence-corrected chi connectivity index (χ2v) is 4.51. The van der Waals surface area contributed by atoms with Crippen LogP contribution in [-0.4, -0.2) is 23.2 Å². The molecule has 0 aliphatic heterocycles. The third kappa shape index (κ3) is 3.30. The minimum atomic E-state index is 0.468. The molecule has 0 aliphatic rings. The fraction of sp³-hybridized carbons (Fsp3) is 0.400. The third-order valence-electron chi connectivity index (χ3n) is 3.13. The van der Waals surface area contributed by atoms with Crippen LogP contribution in [0.5, 0.6) is 11.5 Å². The van der Waals surface area contributed by atoms with Crippen LogP contribution in [0.15, 0.2) is 30.7 Å². The van der Waals surface area contributed by atoms with E-state index in [0.717, 1.165) is 35.8 Å². The van der Waals surface area contributed by atoms with E-state index in [1.54, 1.807) is 19.6 Å². The first-order valence-corrected chi connectivity index (χ1v) is 6.70. The Morgan fingerprint density at radius 1 is 1.35 bits per heavy atom. The third-order valence-corrected chi connectivity index (χ3v) is 3.13. The molecule has 1 N–H and O–H groups in total. The Morgan fingerprint density at radius 2 is 2.20 bits per heavy atom. The Kier molecular flexibility index (Phi) is 5.01. The molecule has 0 saturated heterocycles. The first kappa shape index (κ1) is 14.4. The summed E-state index contributed by atoms with van der Waals surface area (Å²) in [5.74, 6) is 1.54. The zero-order valence-corrected chi connectivity index (χ0v) is 12.2. The van der Waals surface area contributed by atoms with Gasteiger partial charge in [0.1, 0.15) is 6.61 Å². The van der Waals surface area contributed by atoms with Crippen LogP contribution in [0.1, 0.15) is 18.2 Å². The molecule has 1 aromatic heterocycles. The van der Waals surface area contributed by atoms with Crippen molar-refractivity contribution in [1.29, 1.82) is 0 Å². The topological polar surface area (TPSA) is 48.3 Å². The van der Waals surface area contributed by atoms with Gasteiger partial charge in [-0.2, -0.15) is 0 Å². The molecule has 0 aliphatic carbocycles. The van der Waals surface area contributed by atoms with Crippen LogP contribution in [-0.2, 0) is 20.2 Å². The largest absolute Gasteiger partial charge is 0.493 e. The lowest BCUT2D eigenvalue weighted by Gasteiger charge is -2.15. The van der Waals surface area contributed by atoms with E-state index in [9.17, 15) is 0 Å². The van der Waals surface area contributed by atoms with Crippen LogP contribution in [0.2, 0.25) is 0 Å². The van der Waals surface area contributed by atoms with Crippen molar-refractivity contribution in [2.45, 2.75) is 20.1 Å². The van der Waals surface area contributed by atoms with Crippen molar-refractivity contribution in [3.8, 4) is 11.5 Å². The zero-order valence-electron chi connectivity index (χ0n) is 12.2. The number of aryl methyl sites for hydroxylation is 1. The smallest absolute Gasteiger partial charge is 0.166 e. The molecule has 0 saturated carbocycles. The molecule has 0 fully saturated rings. The van der Waals surface area contributed by atoms with Gasteiger partial charge in [-0.1, -0.05) is 19.1 Å². The van der Waals surface area contributed by atoms with Gasteiger partial charge in [0.2, 0.25) is 0 Å². The predicted molar refractivity (Wildman–Crippen MR) is 77.9 cm³/mol. The van der Waals surface area contributed by atoms with Crippen molar-refractivity contribution in [2.24, 2.45) is 7.05 Å². The molecule has 5 heteroatoms. The van der Waals surface area contributed by atoms with Gasteiger partial charge in [-0.15, -0.1) is 0 Å². The average molecular weight is 275 g/mol. The molecule has 2 rings (SSSR count). The summed E-state index contributed by atoms with van der Waals surface area (Å²) < 4.78 is 13.3. The Morgan fingerprint density at radius 3 is 2.85 bits per heavy atom. The molecule has 2 aromatic rings. The molecule has 108 valence electrons. The van der Waals surface area contributed by atoms with Crippen LogP contribution in [0.25, 0.3) is 0 Å². The number of hydrogen-bond acceptors (Lipinski definition) is 4. The van der Waals surface area contributed by atoms with Crippen molar-refractivity contribution >= 4 is 0 Å². The van der Waals surface area contributed by atoms with E-state index < -0.39 is 0 Å². The van der Waals surface area contributed by atoms with E-state index in [1.165, 1.54) is 0 Å². The zero-order chi connectivity index (χ0) is 14.4. The van der Waals surface area contributed by atoms with Gasteiger partial charge >= 0.3 is 0 Å². The standard InChI is InChI=1S/C15H21N3O2/c1-4-16-8-12-6-5-7-14(19-3)15(12)20-10-13-9-17-11-18(13)2/h5-7,9,11,16H,4,8,10H2,1-3H3. The summed E-state index contributed by atoms with van der Waals surface area (Å²) in [7, 11) is 3.61. The normalized spacial score (nSPS) is 10.6. The summed E-state index contributed by atoms with van der Waals surface area (Å²) in [5, 5.41) is 3.31. The van der Waals surface area contributed by atoms with Crippen LogP contribution in [0, 0.1) is 0 Å². The van der Waals surface area contributed by atoms with E-state index in [4.69, 9.17) is 9.47 Å². The van der Waals surface area contributed by atoms with E-state index in [1.807, 2.05) is 29.8 Å². The van der Waals surface area contributed by atoms with Gasteiger partial charge in [-0.3, -0.25) is 0 Å². The quantitative estimate of drug-likeness (QED) is 0.841. The first-order valence-electron chi connectivity index (χ1n) is 6.70. The number of ether oxygens (including phenoxy) is 2. The van der Waals surface area contributed by atoms with Gasteiger partial charge in [0.05, 0.1) is 25.3 Å². The molecule has 1 aromatic carbocycles. The number of nitrogens with one attached hydrogen (secondary N) is 1. The number of hydrogen-bond donors (Lipinski definition) is 1. The van der Waals surface area contributed by atoms with Gasteiger partial charge in [0, 0.05) is 19.2 Å². The highest BCUT2D eigenvalue weighted by Crippen LogP contribution is 2.31. The van der Waals surface area contributed by atoms with Gasteiger partial charge in [-0.25, -0.2) is 4.98 Å². The van der Waals surface area contributed by atoms with Crippen molar-refractivity contribution < 1.29 is 9.47 Å². The maximum Gasteiger partial charge on any atom is 0.166 e. The SMILES string of the molecule is CCNCc1cccc(OC)c1OCc1cncn1C. The number of aromatic nitrogens is 2. The minimum absolute atomic E-state index is 0.468. The highest BCUT2D eigenvalue weighted by Gasteiger charge is 2.11. The molecule has 0 bridgehead atoms. The molecular weight excluding hydrogens is 254 g/mol. The van der Waals surface area contributed by atoms with E-state index in [-0.39, 0.29) is 0 Å². The Hall–Kier alpha value is -2.01. The van der Waals surface area contributed by atoms with Crippen LogP contribution in [0.4, 0.5) is 0 Å². The van der Waals surface area contributed by atoms with Gasteiger partial charge < -0.3 is 19.4 Å². The second kappa shape index (κ2) is 6.96. The predicted octanol–water partition coefficient (Wildman–Crippen LogP) is 2.12. The van der Waals surface area contributed by atoms with E-state index in [0.29, 0.717) is 6.61 Å². The number of nitrogens with zero attached hydrogens (tertiary/aromatic N) is 2. The monoisotopic (exact) mass is 275 g/mol. The van der Waals surface area contributed by atoms with E-state index in [2.05, 4.69) is 17.2 Å². The maximum absolute atomic E-state index is 5.96. The van der Waals surface area contributed by atoms with Gasteiger partial charge in [0.15, 0.2) is 11.5 Å². The Bertz CT molecular complexity index is 552. The number of benzene rings is 1. The lowest BCUT2D eigenvalue weighted by atomic mass is 10.2. The fourth-order valence-corrected chi connectivity index (χ4v) is 1.95. The number of rotatable bonds is 7. The molecule has 0 radical (unpaired) electrons. The van der Waals surface area contributed by atoms with Crippen molar-refractivity contribution in [3.05, 3.63) is 42.0 Å². The van der Waals surface area contributed by atoms with Crippen molar-refractivity contribution in [1.82, 2.24) is 14.9 Å². The first-order chi connectivity index (χ1) is 9.76. The summed E-state index contributed by atoms with van der Waals surface area (Å²) in [5.41, 5.74) is 2.11. The summed E-state index contributed by atoms with van der Waals surface area (Å²) in [6.45, 7) is 4.22. The van der Waals surface area contributed by atoms with Crippen LogP contribution in [0.3, 0.4) is 0 Å². The fourth-order valence-electron chi connectivity index (χ4n) is 1.95. The van der Waals surface area contributed by atoms with Gasteiger partial charge in [0.25, 0.3) is 0 Å². The molecule has 5 nitrogen and oxygen atoms in total. The lowest BCUT2D eigenvalue weighted by Crippen LogP contribution is -2.13. The van der Waals surface area contributed by atoms with Crippen LogP contribution < -0.4 is 14.8 Å². The Balaban J connectivity index is 2.17. The number of methoxy groups -OCH3 is 1. The molecular formula is C15H21N3O2. The number of para-hydroxylation sites is 1. The average Bonchev–Trinajstić information content (AvgIpc) is 2.88. The summed E-state index contributed by atoms with van der Waals surface area (Å²) in [6, 6.07) is 5.93. The highest BCUT2D eigenvalue weighted by molar-refractivity contribution is 5.46. The van der Waals surface area contributed by atoms with Gasteiger partial charge in [-0.05, 0) is 12.6 Å². The van der Waals surface area contributed by atoms with Crippen LogP contribution >= 0.6 is 0 Å².